The van der Waals surface area contributed by atoms with Gasteiger partial charge in [-0.2, -0.15) is 0 Å². The molecule has 1 nitrogen and oxygen atoms in total. The summed E-state index contributed by atoms with van der Waals surface area (Å²) in [5.41, 5.74) is 3.18. The lowest BCUT2D eigenvalue weighted by Crippen LogP contribution is -2.07. The lowest BCUT2D eigenvalue weighted by molar-refractivity contribution is 0.626. The molecule has 0 saturated heterocycles. The fourth-order valence-electron chi connectivity index (χ4n) is 1.86. The first-order valence-corrected chi connectivity index (χ1v) is 6.22. The van der Waals surface area contributed by atoms with E-state index < -0.39 is 0 Å². The minimum atomic E-state index is -0.214. The number of hydrogen-bond donors (Lipinski definition) is 1. The van der Waals surface area contributed by atoms with E-state index in [9.17, 15) is 4.39 Å². The lowest BCUT2D eigenvalue weighted by Gasteiger charge is -2.17. The second kappa shape index (κ2) is 5.40. The van der Waals surface area contributed by atoms with Gasteiger partial charge in [-0.05, 0) is 55.3 Å². The molecule has 2 rings (SSSR count). The van der Waals surface area contributed by atoms with Crippen molar-refractivity contribution in [2.75, 3.05) is 5.32 Å². The maximum Gasteiger partial charge on any atom is 0.123 e. The summed E-state index contributed by atoms with van der Waals surface area (Å²) in [6.07, 6.45) is 0. The van der Waals surface area contributed by atoms with Crippen molar-refractivity contribution >= 4 is 17.3 Å². The number of aryl methyl sites for hydroxylation is 1. The Morgan fingerprint density at radius 3 is 2.39 bits per heavy atom. The van der Waals surface area contributed by atoms with Crippen molar-refractivity contribution in [3.8, 4) is 0 Å². The van der Waals surface area contributed by atoms with Gasteiger partial charge in [-0.15, -0.1) is 0 Å². The Balaban J connectivity index is 2.15. The first kappa shape index (κ1) is 12.9. The van der Waals surface area contributed by atoms with Crippen molar-refractivity contribution in [1.29, 1.82) is 0 Å². The molecule has 0 bridgehead atoms. The molecule has 0 fully saturated rings. The summed E-state index contributed by atoms with van der Waals surface area (Å²) in [6.45, 7) is 4.05. The first-order valence-electron chi connectivity index (χ1n) is 5.84. The summed E-state index contributed by atoms with van der Waals surface area (Å²) < 4.78 is 12.9. The summed E-state index contributed by atoms with van der Waals surface area (Å²) in [7, 11) is 0. The van der Waals surface area contributed by atoms with Gasteiger partial charge >= 0.3 is 0 Å². The molecular formula is C15H15ClFN. The Hall–Kier alpha value is -1.54. The quantitative estimate of drug-likeness (QED) is 0.825. The molecule has 0 aliphatic carbocycles. The van der Waals surface area contributed by atoms with E-state index in [1.54, 1.807) is 12.1 Å². The fraction of sp³-hybridized carbons (Fsp3) is 0.200. The van der Waals surface area contributed by atoms with Crippen LogP contribution < -0.4 is 5.32 Å². The van der Waals surface area contributed by atoms with Crippen LogP contribution in [0.15, 0.2) is 42.5 Å². The van der Waals surface area contributed by atoms with Crippen LogP contribution in [0, 0.1) is 12.7 Å². The predicted molar refractivity (Wildman–Crippen MR) is 74.6 cm³/mol. The van der Waals surface area contributed by atoms with E-state index in [1.807, 2.05) is 32.0 Å². The van der Waals surface area contributed by atoms with Gasteiger partial charge in [-0.25, -0.2) is 4.39 Å². The molecular weight excluding hydrogens is 249 g/mol. The van der Waals surface area contributed by atoms with E-state index >= 15 is 0 Å². The van der Waals surface area contributed by atoms with Gasteiger partial charge < -0.3 is 5.32 Å². The van der Waals surface area contributed by atoms with Crippen LogP contribution in [0.3, 0.4) is 0 Å². The average molecular weight is 264 g/mol. The molecule has 2 aromatic carbocycles. The van der Waals surface area contributed by atoms with Gasteiger partial charge in [0, 0.05) is 16.8 Å². The maximum atomic E-state index is 12.9. The van der Waals surface area contributed by atoms with Crippen LogP contribution in [0.4, 0.5) is 10.1 Å². The zero-order valence-corrected chi connectivity index (χ0v) is 11.1. The maximum absolute atomic E-state index is 12.9. The highest BCUT2D eigenvalue weighted by atomic mass is 35.5. The number of hydrogen-bond acceptors (Lipinski definition) is 1. The average Bonchev–Trinajstić information content (AvgIpc) is 2.33. The molecule has 18 heavy (non-hydrogen) atoms. The van der Waals surface area contributed by atoms with Gasteiger partial charge in [0.2, 0.25) is 0 Å². The highest BCUT2D eigenvalue weighted by Crippen LogP contribution is 2.24. The van der Waals surface area contributed by atoms with Crippen LogP contribution in [0.5, 0.6) is 0 Å². The molecule has 0 aliphatic heterocycles. The molecule has 0 radical (unpaired) electrons. The third kappa shape index (κ3) is 3.02. The Morgan fingerprint density at radius 1 is 1.11 bits per heavy atom. The molecule has 0 heterocycles. The Labute approximate surface area is 112 Å². The third-order valence-electron chi connectivity index (χ3n) is 2.93. The summed E-state index contributed by atoms with van der Waals surface area (Å²) in [5.74, 6) is -0.214. The molecule has 1 unspecified atom stereocenters. The molecule has 0 amide bonds. The van der Waals surface area contributed by atoms with Crippen LogP contribution >= 0.6 is 11.6 Å². The summed E-state index contributed by atoms with van der Waals surface area (Å²) in [4.78, 5) is 0. The number of halogens is 2. The molecule has 94 valence electrons. The molecule has 1 N–H and O–H groups in total. The van der Waals surface area contributed by atoms with E-state index in [4.69, 9.17) is 11.6 Å². The Bertz CT molecular complexity index is 537. The van der Waals surface area contributed by atoms with Gasteiger partial charge in [-0.1, -0.05) is 23.7 Å². The molecule has 0 aliphatic rings. The molecule has 0 spiro atoms. The standard InChI is InChI=1S/C15H15ClFN/c1-10-9-13(16)5-8-15(10)18-11(2)12-3-6-14(17)7-4-12/h3-9,11,18H,1-2H3. The van der Waals surface area contributed by atoms with Crippen molar-refractivity contribution in [1.82, 2.24) is 0 Å². The zero-order chi connectivity index (χ0) is 13.1. The first-order chi connectivity index (χ1) is 8.56. The second-order valence-corrected chi connectivity index (χ2v) is 4.81. The monoisotopic (exact) mass is 263 g/mol. The number of benzene rings is 2. The van der Waals surface area contributed by atoms with Crippen LogP contribution in [0.25, 0.3) is 0 Å². The Kier molecular flexibility index (Phi) is 3.87. The van der Waals surface area contributed by atoms with Gasteiger partial charge in [0.15, 0.2) is 0 Å². The number of anilines is 1. The lowest BCUT2D eigenvalue weighted by atomic mass is 10.1. The number of rotatable bonds is 3. The summed E-state index contributed by atoms with van der Waals surface area (Å²) in [5, 5.41) is 4.12. The smallest absolute Gasteiger partial charge is 0.123 e. The molecule has 0 aromatic heterocycles. The van der Waals surface area contributed by atoms with Gasteiger partial charge in [0.25, 0.3) is 0 Å². The summed E-state index contributed by atoms with van der Waals surface area (Å²) >= 11 is 5.92. The topological polar surface area (TPSA) is 12.0 Å². The summed E-state index contributed by atoms with van der Waals surface area (Å²) in [6, 6.07) is 12.4. The van der Waals surface area contributed by atoms with Crippen molar-refractivity contribution in [2.45, 2.75) is 19.9 Å². The second-order valence-electron chi connectivity index (χ2n) is 4.38. The van der Waals surface area contributed by atoms with E-state index in [0.717, 1.165) is 21.8 Å². The fourth-order valence-corrected chi connectivity index (χ4v) is 2.08. The van der Waals surface area contributed by atoms with E-state index in [1.165, 1.54) is 12.1 Å². The van der Waals surface area contributed by atoms with Crippen molar-refractivity contribution < 1.29 is 4.39 Å². The minimum Gasteiger partial charge on any atom is -0.378 e. The highest BCUT2D eigenvalue weighted by Gasteiger charge is 2.07. The molecule has 1 atom stereocenters. The van der Waals surface area contributed by atoms with Crippen LogP contribution in [-0.2, 0) is 0 Å². The molecule has 3 heteroatoms. The van der Waals surface area contributed by atoms with Crippen LogP contribution in [0.1, 0.15) is 24.1 Å². The third-order valence-corrected chi connectivity index (χ3v) is 3.17. The van der Waals surface area contributed by atoms with Crippen LogP contribution in [0.2, 0.25) is 5.02 Å². The van der Waals surface area contributed by atoms with Gasteiger partial charge in [0.1, 0.15) is 5.82 Å². The van der Waals surface area contributed by atoms with Crippen molar-refractivity contribution in [3.05, 3.63) is 64.4 Å². The number of nitrogens with one attached hydrogen (secondary N) is 1. The van der Waals surface area contributed by atoms with E-state index in [0.29, 0.717) is 0 Å². The highest BCUT2D eigenvalue weighted by molar-refractivity contribution is 6.30. The van der Waals surface area contributed by atoms with Gasteiger partial charge in [0.05, 0.1) is 0 Å². The van der Waals surface area contributed by atoms with Crippen LogP contribution in [-0.4, -0.2) is 0 Å². The minimum absolute atomic E-state index is 0.116. The van der Waals surface area contributed by atoms with Crippen molar-refractivity contribution in [3.63, 3.8) is 0 Å². The Morgan fingerprint density at radius 2 is 1.78 bits per heavy atom. The van der Waals surface area contributed by atoms with Gasteiger partial charge in [-0.3, -0.25) is 0 Å². The molecule has 0 saturated carbocycles. The van der Waals surface area contributed by atoms with E-state index in [2.05, 4.69) is 5.32 Å². The zero-order valence-electron chi connectivity index (χ0n) is 10.4. The SMILES string of the molecule is Cc1cc(Cl)ccc1NC(C)c1ccc(F)cc1. The predicted octanol–water partition coefficient (Wildman–Crippen LogP) is 4.96. The normalized spacial score (nSPS) is 12.2. The van der Waals surface area contributed by atoms with Crippen molar-refractivity contribution in [2.24, 2.45) is 0 Å². The largest absolute Gasteiger partial charge is 0.378 e. The van der Waals surface area contributed by atoms with E-state index in [-0.39, 0.29) is 11.9 Å². The molecule has 2 aromatic rings.